The van der Waals surface area contributed by atoms with Crippen LogP contribution < -0.4 is 5.43 Å². The molecule has 1 aromatic carbocycles. The van der Waals surface area contributed by atoms with E-state index in [4.69, 9.17) is 4.74 Å². The standard InChI is InChI=1S/C16H15NO2/c1-19-12-7-8-13-15(9-12)17-14(10-16(13)18)11-5-3-2-4-6-11/h2-8,10,12H,9H2,1H3,(H,17,18). The normalized spacial score (nSPS) is 17.2. The van der Waals surface area contributed by atoms with Gasteiger partial charge in [0.15, 0.2) is 5.43 Å². The molecule has 0 spiro atoms. The molecule has 96 valence electrons. The largest absolute Gasteiger partial charge is 0.377 e. The van der Waals surface area contributed by atoms with Gasteiger partial charge in [0.2, 0.25) is 0 Å². The van der Waals surface area contributed by atoms with E-state index in [1.165, 1.54) is 0 Å². The molecule has 0 aliphatic heterocycles. The van der Waals surface area contributed by atoms with E-state index in [1.807, 2.05) is 42.5 Å². The van der Waals surface area contributed by atoms with Gasteiger partial charge in [0, 0.05) is 36.5 Å². The number of hydrogen-bond acceptors (Lipinski definition) is 2. The Morgan fingerprint density at radius 3 is 2.79 bits per heavy atom. The van der Waals surface area contributed by atoms with Crippen molar-refractivity contribution < 1.29 is 4.74 Å². The summed E-state index contributed by atoms with van der Waals surface area (Å²) in [7, 11) is 1.68. The van der Waals surface area contributed by atoms with Crippen molar-refractivity contribution >= 4 is 6.08 Å². The van der Waals surface area contributed by atoms with Crippen LogP contribution in [0.5, 0.6) is 0 Å². The fourth-order valence-corrected chi connectivity index (χ4v) is 2.38. The number of methoxy groups -OCH3 is 1. The molecule has 0 amide bonds. The van der Waals surface area contributed by atoms with E-state index >= 15 is 0 Å². The molecule has 3 nitrogen and oxygen atoms in total. The van der Waals surface area contributed by atoms with Gasteiger partial charge >= 0.3 is 0 Å². The number of nitrogens with one attached hydrogen (secondary N) is 1. The number of fused-ring (bicyclic) bond motifs is 1. The number of rotatable bonds is 2. The van der Waals surface area contributed by atoms with E-state index in [0.717, 1.165) is 22.5 Å². The third-order valence-electron chi connectivity index (χ3n) is 3.42. The first-order chi connectivity index (χ1) is 9.28. The number of H-pyrrole nitrogens is 1. The molecule has 0 saturated carbocycles. The first-order valence-corrected chi connectivity index (χ1v) is 6.30. The fraction of sp³-hybridized carbons (Fsp3) is 0.188. The lowest BCUT2D eigenvalue weighted by molar-refractivity contribution is 0.140. The van der Waals surface area contributed by atoms with Crippen LogP contribution in [-0.4, -0.2) is 18.2 Å². The van der Waals surface area contributed by atoms with Gasteiger partial charge in [0.1, 0.15) is 0 Å². The molecule has 3 heteroatoms. The molecule has 1 aliphatic rings. The minimum absolute atomic E-state index is 0.0363. The second kappa shape index (κ2) is 4.86. The molecule has 0 saturated heterocycles. The number of ether oxygens (including phenoxy) is 1. The van der Waals surface area contributed by atoms with Gasteiger partial charge < -0.3 is 9.72 Å². The van der Waals surface area contributed by atoms with Gasteiger partial charge in [-0.25, -0.2) is 0 Å². The number of hydrogen-bond donors (Lipinski definition) is 1. The zero-order chi connectivity index (χ0) is 13.2. The van der Waals surface area contributed by atoms with Crippen LogP contribution in [0.4, 0.5) is 0 Å². The maximum absolute atomic E-state index is 12.1. The van der Waals surface area contributed by atoms with Gasteiger partial charge in [-0.3, -0.25) is 4.79 Å². The summed E-state index contributed by atoms with van der Waals surface area (Å²) >= 11 is 0. The van der Waals surface area contributed by atoms with Crippen molar-refractivity contribution in [3.63, 3.8) is 0 Å². The molecule has 1 aromatic heterocycles. The van der Waals surface area contributed by atoms with Crippen LogP contribution in [0.1, 0.15) is 11.3 Å². The average molecular weight is 253 g/mol. The summed E-state index contributed by atoms with van der Waals surface area (Å²) in [6.45, 7) is 0. The summed E-state index contributed by atoms with van der Waals surface area (Å²) in [6.07, 6.45) is 4.52. The Labute approximate surface area is 111 Å². The Balaban J connectivity index is 2.10. The molecule has 2 aromatic rings. The summed E-state index contributed by atoms with van der Waals surface area (Å²) < 4.78 is 5.32. The zero-order valence-corrected chi connectivity index (χ0v) is 10.7. The summed E-state index contributed by atoms with van der Waals surface area (Å²) in [5.41, 5.74) is 3.62. The molecule has 1 heterocycles. The number of aromatic nitrogens is 1. The highest BCUT2D eigenvalue weighted by atomic mass is 16.5. The van der Waals surface area contributed by atoms with Gasteiger partial charge in [0.05, 0.1) is 6.10 Å². The monoisotopic (exact) mass is 253 g/mol. The predicted octanol–water partition coefficient (Wildman–Crippen LogP) is 2.63. The van der Waals surface area contributed by atoms with Crippen LogP contribution in [0.25, 0.3) is 17.3 Å². The molecule has 1 aliphatic carbocycles. The zero-order valence-electron chi connectivity index (χ0n) is 10.7. The highest BCUT2D eigenvalue weighted by molar-refractivity contribution is 5.63. The minimum atomic E-state index is 0.0363. The van der Waals surface area contributed by atoms with E-state index in [1.54, 1.807) is 13.2 Å². The van der Waals surface area contributed by atoms with Crippen molar-refractivity contribution in [2.75, 3.05) is 7.11 Å². The summed E-state index contributed by atoms with van der Waals surface area (Å²) in [6, 6.07) is 11.5. The SMILES string of the molecule is COC1C=Cc2c([nH]c(-c3ccccc3)cc2=O)C1. The van der Waals surface area contributed by atoms with E-state index in [-0.39, 0.29) is 11.5 Å². The van der Waals surface area contributed by atoms with Crippen LogP contribution in [0.2, 0.25) is 0 Å². The van der Waals surface area contributed by atoms with E-state index in [0.29, 0.717) is 6.42 Å². The van der Waals surface area contributed by atoms with Crippen LogP contribution in [0, 0.1) is 0 Å². The Kier molecular flexibility index (Phi) is 3.05. The molecule has 19 heavy (non-hydrogen) atoms. The first-order valence-electron chi connectivity index (χ1n) is 6.30. The predicted molar refractivity (Wildman–Crippen MR) is 76.0 cm³/mol. The maximum Gasteiger partial charge on any atom is 0.189 e. The molecule has 3 rings (SSSR count). The van der Waals surface area contributed by atoms with Gasteiger partial charge in [0.25, 0.3) is 0 Å². The molecule has 0 radical (unpaired) electrons. The van der Waals surface area contributed by atoms with E-state index in [2.05, 4.69) is 4.98 Å². The quantitative estimate of drug-likeness (QED) is 0.894. The summed E-state index contributed by atoms with van der Waals surface area (Å²) in [5, 5.41) is 0. The van der Waals surface area contributed by atoms with E-state index in [9.17, 15) is 4.79 Å². The molecule has 1 N–H and O–H groups in total. The van der Waals surface area contributed by atoms with Crippen LogP contribution in [0.15, 0.2) is 47.3 Å². The number of pyridine rings is 1. The lowest BCUT2D eigenvalue weighted by Gasteiger charge is -2.18. The minimum Gasteiger partial charge on any atom is -0.377 e. The van der Waals surface area contributed by atoms with Crippen molar-refractivity contribution in [1.82, 2.24) is 4.98 Å². The number of aromatic amines is 1. The number of benzene rings is 1. The average Bonchev–Trinajstić information content (AvgIpc) is 2.47. The van der Waals surface area contributed by atoms with Gasteiger partial charge in [-0.1, -0.05) is 42.5 Å². The van der Waals surface area contributed by atoms with Crippen LogP contribution >= 0.6 is 0 Å². The lowest BCUT2D eigenvalue weighted by Crippen LogP contribution is -2.21. The highest BCUT2D eigenvalue weighted by Crippen LogP contribution is 2.21. The highest BCUT2D eigenvalue weighted by Gasteiger charge is 2.16. The van der Waals surface area contributed by atoms with Crippen molar-refractivity contribution in [2.45, 2.75) is 12.5 Å². The van der Waals surface area contributed by atoms with Gasteiger partial charge in [-0.05, 0) is 5.56 Å². The third kappa shape index (κ3) is 2.25. The smallest absolute Gasteiger partial charge is 0.189 e. The van der Waals surface area contributed by atoms with Gasteiger partial charge in [-0.2, -0.15) is 0 Å². The molecular weight excluding hydrogens is 238 g/mol. The molecule has 0 fully saturated rings. The fourth-order valence-electron chi connectivity index (χ4n) is 2.38. The Morgan fingerprint density at radius 1 is 1.26 bits per heavy atom. The van der Waals surface area contributed by atoms with Crippen molar-refractivity contribution in [3.8, 4) is 11.3 Å². The Morgan fingerprint density at radius 2 is 2.05 bits per heavy atom. The summed E-state index contributed by atoms with van der Waals surface area (Å²) in [4.78, 5) is 15.5. The van der Waals surface area contributed by atoms with Gasteiger partial charge in [-0.15, -0.1) is 0 Å². The van der Waals surface area contributed by atoms with Crippen molar-refractivity contribution in [2.24, 2.45) is 0 Å². The Hall–Kier alpha value is -2.13. The maximum atomic E-state index is 12.1. The molecule has 0 bridgehead atoms. The second-order valence-corrected chi connectivity index (χ2v) is 4.64. The lowest BCUT2D eigenvalue weighted by atomic mass is 9.99. The van der Waals surface area contributed by atoms with Crippen molar-refractivity contribution in [3.05, 3.63) is 64.0 Å². The molecular formula is C16H15NO2. The van der Waals surface area contributed by atoms with E-state index < -0.39 is 0 Å². The third-order valence-corrected chi connectivity index (χ3v) is 3.42. The van der Waals surface area contributed by atoms with Crippen molar-refractivity contribution in [1.29, 1.82) is 0 Å². The van der Waals surface area contributed by atoms with Crippen LogP contribution in [-0.2, 0) is 11.2 Å². The summed E-state index contributed by atoms with van der Waals surface area (Å²) in [5.74, 6) is 0. The second-order valence-electron chi connectivity index (χ2n) is 4.64. The van der Waals surface area contributed by atoms with Crippen LogP contribution in [0.3, 0.4) is 0 Å². The molecule has 1 atom stereocenters. The first kappa shape index (κ1) is 11.9. The Bertz CT molecular complexity index is 671. The topological polar surface area (TPSA) is 42.1 Å². The molecule has 1 unspecified atom stereocenters.